The van der Waals surface area contributed by atoms with Crippen molar-refractivity contribution in [3.8, 4) is 16.9 Å². The number of hydrogen-bond donors (Lipinski definition) is 1. The molecule has 0 unspecified atom stereocenters. The average Bonchev–Trinajstić information content (AvgIpc) is 2.89. The quantitative estimate of drug-likeness (QED) is 0.764. The van der Waals surface area contributed by atoms with Gasteiger partial charge in [0, 0.05) is 11.8 Å². The van der Waals surface area contributed by atoms with Crippen LogP contribution in [0.2, 0.25) is 0 Å². The zero-order chi connectivity index (χ0) is 13.2. The zero-order valence-electron chi connectivity index (χ0n) is 9.99. The monoisotopic (exact) mass is 254 g/mol. The third kappa shape index (κ3) is 2.30. The van der Waals surface area contributed by atoms with Crippen LogP contribution >= 0.6 is 0 Å². The molecule has 5 heteroatoms. The van der Waals surface area contributed by atoms with Crippen LogP contribution in [0.5, 0.6) is 0 Å². The first-order valence-corrected chi connectivity index (χ1v) is 5.75. The average molecular weight is 254 g/mol. The van der Waals surface area contributed by atoms with Crippen LogP contribution in [0, 0.1) is 5.82 Å². The van der Waals surface area contributed by atoms with Gasteiger partial charge in [-0.05, 0) is 29.8 Å². The Kier molecular flexibility index (Phi) is 2.72. The van der Waals surface area contributed by atoms with Gasteiger partial charge >= 0.3 is 0 Å². The van der Waals surface area contributed by atoms with Crippen molar-refractivity contribution in [2.75, 3.05) is 5.73 Å². The van der Waals surface area contributed by atoms with Crippen LogP contribution in [-0.4, -0.2) is 14.8 Å². The van der Waals surface area contributed by atoms with Gasteiger partial charge in [-0.25, -0.2) is 14.1 Å². The zero-order valence-corrected chi connectivity index (χ0v) is 9.99. The van der Waals surface area contributed by atoms with Crippen molar-refractivity contribution in [3.05, 3.63) is 60.8 Å². The summed E-state index contributed by atoms with van der Waals surface area (Å²) in [5, 5.41) is 4.21. The number of hydrogen-bond acceptors (Lipinski definition) is 3. The van der Waals surface area contributed by atoms with E-state index in [9.17, 15) is 4.39 Å². The fourth-order valence-corrected chi connectivity index (χ4v) is 1.80. The summed E-state index contributed by atoms with van der Waals surface area (Å²) in [5.41, 5.74) is 7.79. The highest BCUT2D eigenvalue weighted by Crippen LogP contribution is 2.20. The SMILES string of the molecule is Nc1ccc(-n2cc(-c3cccc(F)c3)cn2)nc1. The van der Waals surface area contributed by atoms with Crippen molar-refractivity contribution in [1.82, 2.24) is 14.8 Å². The van der Waals surface area contributed by atoms with Crippen molar-refractivity contribution in [3.63, 3.8) is 0 Å². The summed E-state index contributed by atoms with van der Waals surface area (Å²) in [6, 6.07) is 9.92. The van der Waals surface area contributed by atoms with Gasteiger partial charge in [-0.15, -0.1) is 0 Å². The van der Waals surface area contributed by atoms with Gasteiger partial charge in [0.15, 0.2) is 5.82 Å². The molecule has 0 aliphatic rings. The van der Waals surface area contributed by atoms with Crippen molar-refractivity contribution in [2.45, 2.75) is 0 Å². The summed E-state index contributed by atoms with van der Waals surface area (Å²) >= 11 is 0. The molecule has 3 aromatic rings. The summed E-state index contributed by atoms with van der Waals surface area (Å²) in [6.45, 7) is 0. The molecule has 0 bridgehead atoms. The highest BCUT2D eigenvalue weighted by Gasteiger charge is 2.05. The van der Waals surface area contributed by atoms with Gasteiger partial charge in [0.2, 0.25) is 0 Å². The molecule has 94 valence electrons. The van der Waals surface area contributed by atoms with E-state index >= 15 is 0 Å². The molecule has 0 fully saturated rings. The maximum atomic E-state index is 13.2. The van der Waals surface area contributed by atoms with Gasteiger partial charge in [-0.3, -0.25) is 0 Å². The van der Waals surface area contributed by atoms with Gasteiger partial charge in [-0.2, -0.15) is 5.10 Å². The molecule has 0 saturated heterocycles. The van der Waals surface area contributed by atoms with E-state index < -0.39 is 0 Å². The fraction of sp³-hybridized carbons (Fsp3) is 0. The van der Waals surface area contributed by atoms with E-state index in [0.29, 0.717) is 11.5 Å². The van der Waals surface area contributed by atoms with Crippen molar-refractivity contribution in [2.24, 2.45) is 0 Å². The lowest BCUT2D eigenvalue weighted by Gasteiger charge is -2.00. The molecule has 0 saturated carbocycles. The summed E-state index contributed by atoms with van der Waals surface area (Å²) in [7, 11) is 0. The number of rotatable bonds is 2. The van der Waals surface area contributed by atoms with Crippen LogP contribution in [-0.2, 0) is 0 Å². The number of nitrogen functional groups attached to an aromatic ring is 1. The number of aromatic nitrogens is 3. The molecule has 4 nitrogen and oxygen atoms in total. The topological polar surface area (TPSA) is 56.7 Å². The van der Waals surface area contributed by atoms with Crippen LogP contribution in [0.15, 0.2) is 55.0 Å². The lowest BCUT2D eigenvalue weighted by Crippen LogP contribution is -1.98. The Labute approximate surface area is 109 Å². The molecular weight excluding hydrogens is 243 g/mol. The molecule has 0 aliphatic heterocycles. The van der Waals surface area contributed by atoms with Crippen LogP contribution in [0.1, 0.15) is 0 Å². The predicted molar refractivity (Wildman–Crippen MR) is 71.2 cm³/mol. The molecule has 1 aromatic carbocycles. The minimum absolute atomic E-state index is 0.268. The first-order valence-electron chi connectivity index (χ1n) is 5.75. The van der Waals surface area contributed by atoms with Gasteiger partial charge in [0.05, 0.1) is 18.1 Å². The molecule has 3 rings (SSSR count). The fourth-order valence-electron chi connectivity index (χ4n) is 1.80. The Hall–Kier alpha value is -2.69. The second-order valence-electron chi connectivity index (χ2n) is 4.13. The summed E-state index contributed by atoms with van der Waals surface area (Å²) in [6.07, 6.45) is 5.04. The predicted octanol–water partition coefficient (Wildman–Crippen LogP) is 2.66. The van der Waals surface area contributed by atoms with Crippen LogP contribution in [0.3, 0.4) is 0 Å². The molecule has 19 heavy (non-hydrogen) atoms. The third-order valence-electron chi connectivity index (χ3n) is 2.75. The van der Waals surface area contributed by atoms with E-state index in [1.807, 2.05) is 6.07 Å². The molecule has 2 N–H and O–H groups in total. The van der Waals surface area contributed by atoms with Crippen molar-refractivity contribution >= 4 is 5.69 Å². The second kappa shape index (κ2) is 4.53. The van der Waals surface area contributed by atoms with Gasteiger partial charge in [-0.1, -0.05) is 12.1 Å². The van der Waals surface area contributed by atoms with Crippen LogP contribution in [0.25, 0.3) is 16.9 Å². The van der Waals surface area contributed by atoms with E-state index in [1.54, 1.807) is 41.5 Å². The highest BCUT2D eigenvalue weighted by molar-refractivity contribution is 5.62. The Balaban J connectivity index is 1.97. The standard InChI is InChI=1S/C14H11FN4/c15-12-3-1-2-10(6-12)11-7-18-19(9-11)14-5-4-13(16)8-17-14/h1-9H,16H2. The molecule has 0 atom stereocenters. The minimum atomic E-state index is -0.268. The lowest BCUT2D eigenvalue weighted by molar-refractivity contribution is 0.628. The first-order chi connectivity index (χ1) is 9.22. The number of nitrogens with two attached hydrogens (primary N) is 1. The molecule has 0 radical (unpaired) electrons. The molecular formula is C14H11FN4. The van der Waals surface area contributed by atoms with Gasteiger partial charge in [0.25, 0.3) is 0 Å². The minimum Gasteiger partial charge on any atom is -0.397 e. The van der Waals surface area contributed by atoms with Crippen LogP contribution < -0.4 is 5.73 Å². The second-order valence-corrected chi connectivity index (χ2v) is 4.13. The Morgan fingerprint density at radius 2 is 1.95 bits per heavy atom. The van der Waals surface area contributed by atoms with E-state index in [-0.39, 0.29) is 5.82 Å². The van der Waals surface area contributed by atoms with E-state index in [0.717, 1.165) is 11.1 Å². The van der Waals surface area contributed by atoms with E-state index in [4.69, 9.17) is 5.73 Å². The first kappa shape index (κ1) is 11.4. The van der Waals surface area contributed by atoms with Gasteiger partial charge in [0.1, 0.15) is 5.82 Å². The lowest BCUT2D eigenvalue weighted by atomic mass is 10.1. The van der Waals surface area contributed by atoms with Crippen molar-refractivity contribution < 1.29 is 4.39 Å². The maximum Gasteiger partial charge on any atom is 0.153 e. The number of halogens is 1. The van der Waals surface area contributed by atoms with Gasteiger partial charge < -0.3 is 5.73 Å². The number of pyridine rings is 1. The smallest absolute Gasteiger partial charge is 0.153 e. The van der Waals surface area contributed by atoms with E-state index in [2.05, 4.69) is 10.1 Å². The van der Waals surface area contributed by atoms with E-state index in [1.165, 1.54) is 12.1 Å². The molecule has 2 aromatic heterocycles. The maximum absolute atomic E-state index is 13.2. The summed E-state index contributed by atoms with van der Waals surface area (Å²) in [4.78, 5) is 4.17. The summed E-state index contributed by atoms with van der Waals surface area (Å²) < 4.78 is 14.8. The Morgan fingerprint density at radius 3 is 2.68 bits per heavy atom. The molecule has 0 amide bonds. The number of anilines is 1. The Bertz CT molecular complexity index is 703. The number of benzene rings is 1. The summed E-state index contributed by atoms with van der Waals surface area (Å²) in [5.74, 6) is 0.396. The molecule has 2 heterocycles. The van der Waals surface area contributed by atoms with Crippen molar-refractivity contribution in [1.29, 1.82) is 0 Å². The Morgan fingerprint density at radius 1 is 1.05 bits per heavy atom. The highest BCUT2D eigenvalue weighted by atomic mass is 19.1. The number of nitrogens with zero attached hydrogens (tertiary/aromatic N) is 3. The largest absolute Gasteiger partial charge is 0.397 e. The normalized spacial score (nSPS) is 10.6. The molecule has 0 aliphatic carbocycles. The molecule has 0 spiro atoms. The third-order valence-corrected chi connectivity index (χ3v) is 2.75. The van der Waals surface area contributed by atoms with Crippen LogP contribution in [0.4, 0.5) is 10.1 Å².